The minimum absolute atomic E-state index is 0. The van der Waals surface area contributed by atoms with Crippen molar-refractivity contribution in [2.75, 3.05) is 37.7 Å². The van der Waals surface area contributed by atoms with Crippen molar-refractivity contribution in [3.63, 3.8) is 0 Å². The first-order chi connectivity index (χ1) is 18.6. The fourth-order valence-corrected chi connectivity index (χ4v) is 5.07. The summed E-state index contributed by atoms with van der Waals surface area (Å²) in [5, 5.41) is 6.63. The average molecular weight is 599 g/mol. The molecule has 2 unspecified atom stereocenters. The second kappa shape index (κ2) is 12.0. The van der Waals surface area contributed by atoms with Gasteiger partial charge >= 0.3 is 6.18 Å². The number of fused-ring (bicyclic) bond motifs is 1. The van der Waals surface area contributed by atoms with Gasteiger partial charge in [-0.2, -0.15) is 13.2 Å². The van der Waals surface area contributed by atoms with Gasteiger partial charge in [-0.25, -0.2) is 15.0 Å². The van der Waals surface area contributed by atoms with Crippen molar-refractivity contribution in [3.05, 3.63) is 52.6 Å². The number of benzene rings is 1. The highest BCUT2D eigenvalue weighted by atomic mass is 35.5. The van der Waals surface area contributed by atoms with Crippen molar-refractivity contribution in [1.82, 2.24) is 25.6 Å². The summed E-state index contributed by atoms with van der Waals surface area (Å²) in [6.07, 6.45) is -1.13. The van der Waals surface area contributed by atoms with Gasteiger partial charge in [-0.1, -0.05) is 0 Å². The van der Waals surface area contributed by atoms with Crippen LogP contribution >= 0.6 is 23.7 Å². The number of alkyl halides is 3. The van der Waals surface area contributed by atoms with E-state index in [-0.39, 0.29) is 43.1 Å². The maximum Gasteiger partial charge on any atom is 0.451 e. The fourth-order valence-electron chi connectivity index (χ4n) is 4.29. The van der Waals surface area contributed by atoms with E-state index in [9.17, 15) is 22.8 Å². The van der Waals surface area contributed by atoms with Crippen molar-refractivity contribution in [2.45, 2.75) is 32.2 Å². The number of halogens is 4. The van der Waals surface area contributed by atoms with Gasteiger partial charge in [0.1, 0.15) is 5.01 Å². The zero-order chi connectivity index (χ0) is 27.7. The summed E-state index contributed by atoms with van der Waals surface area (Å²) in [5.41, 5.74) is 1.50. The number of carbonyl (C=O) groups is 2. The summed E-state index contributed by atoms with van der Waals surface area (Å²) in [5.74, 6) is -1.60. The monoisotopic (exact) mass is 598 g/mol. The van der Waals surface area contributed by atoms with Crippen LogP contribution in [0.5, 0.6) is 5.75 Å². The minimum atomic E-state index is -4.66. The topological polar surface area (TPSA) is 119 Å². The second-order valence-electron chi connectivity index (χ2n) is 9.17. The number of carbonyl (C=O) groups excluding carboxylic acids is 2. The molecule has 10 nitrogen and oxygen atoms in total. The predicted octanol–water partition coefficient (Wildman–Crippen LogP) is 3.55. The lowest BCUT2D eigenvalue weighted by molar-refractivity contribution is -0.145. The molecule has 0 bridgehead atoms. The number of ether oxygens (including phenoxy) is 2. The lowest BCUT2D eigenvalue weighted by atomic mass is 10.0. The minimum Gasteiger partial charge on any atom is -0.481 e. The first-order valence-corrected chi connectivity index (χ1v) is 13.0. The molecule has 1 saturated heterocycles. The lowest BCUT2D eigenvalue weighted by Gasteiger charge is -2.34. The van der Waals surface area contributed by atoms with Gasteiger partial charge in [0, 0.05) is 47.7 Å². The fraction of sp³-hybridized carbons (Fsp3) is 0.400. The first-order valence-electron chi connectivity index (χ1n) is 12.2. The average Bonchev–Trinajstić information content (AvgIpc) is 3.35. The Morgan fingerprint density at radius 3 is 2.62 bits per heavy atom. The third-order valence-electron chi connectivity index (χ3n) is 6.28. The van der Waals surface area contributed by atoms with E-state index in [2.05, 4.69) is 25.6 Å². The normalized spacial score (nSPS) is 17.9. The lowest BCUT2D eigenvalue weighted by Crippen LogP contribution is -2.49. The molecular formula is C25H26ClF3N6O4S. The van der Waals surface area contributed by atoms with Crippen LogP contribution in [-0.4, -0.2) is 65.7 Å². The Labute approximate surface area is 237 Å². The molecule has 4 heterocycles. The van der Waals surface area contributed by atoms with Crippen LogP contribution in [0.2, 0.25) is 0 Å². The van der Waals surface area contributed by atoms with Gasteiger partial charge in [0.05, 0.1) is 36.5 Å². The Hall–Kier alpha value is -3.33. The number of nitrogens with zero attached hydrogens (tertiary/aromatic N) is 4. The Bertz CT molecular complexity index is 1380. The third-order valence-corrected chi connectivity index (χ3v) is 7.22. The first kappa shape index (κ1) is 29.6. The van der Waals surface area contributed by atoms with Crippen LogP contribution in [0.15, 0.2) is 30.7 Å². The quantitative estimate of drug-likeness (QED) is 0.442. The molecule has 2 aliphatic rings. The molecule has 15 heteroatoms. The highest BCUT2D eigenvalue weighted by molar-refractivity contribution is 7.15. The number of morpholine rings is 1. The van der Waals surface area contributed by atoms with Gasteiger partial charge in [-0.05, 0) is 26.0 Å². The molecule has 1 aromatic carbocycles. The number of hydrogen-bond acceptors (Lipinski definition) is 9. The number of amides is 2. The van der Waals surface area contributed by atoms with Gasteiger partial charge in [0.15, 0.2) is 12.4 Å². The number of aryl methyl sites for hydroxylation is 1. The predicted molar refractivity (Wildman–Crippen MR) is 143 cm³/mol. The Balaban J connectivity index is 0.00000370. The third kappa shape index (κ3) is 6.35. The molecule has 0 spiro atoms. The Morgan fingerprint density at radius 2 is 2.00 bits per heavy atom. The highest BCUT2D eigenvalue weighted by Crippen LogP contribution is 2.43. The molecule has 1 fully saturated rings. The van der Waals surface area contributed by atoms with E-state index in [0.717, 1.165) is 23.8 Å². The molecule has 2 N–H and O–H groups in total. The number of hydrogen-bond donors (Lipinski definition) is 2. The molecule has 2 aromatic heterocycles. The largest absolute Gasteiger partial charge is 0.481 e. The number of nitrogens with one attached hydrogen (secondary N) is 2. The molecule has 2 aliphatic heterocycles. The van der Waals surface area contributed by atoms with E-state index in [4.69, 9.17) is 9.47 Å². The summed E-state index contributed by atoms with van der Waals surface area (Å²) < 4.78 is 50.1. The summed E-state index contributed by atoms with van der Waals surface area (Å²) in [6, 6.07) is 2.50. The SMILES string of the molecule is Cc1cnc(-c2cc(C(=O)NC(C)c3cnc(C(F)(F)F)nc3)cc3c2OCC(=O)N3CC2CNCCO2)s1.Cl. The van der Waals surface area contributed by atoms with E-state index in [1.54, 1.807) is 30.2 Å². The number of thiazole rings is 1. The van der Waals surface area contributed by atoms with Crippen molar-refractivity contribution in [2.24, 2.45) is 0 Å². The van der Waals surface area contributed by atoms with Gasteiger partial charge in [0.25, 0.3) is 11.8 Å². The molecule has 214 valence electrons. The zero-order valence-electron chi connectivity index (χ0n) is 21.4. The van der Waals surface area contributed by atoms with E-state index in [0.29, 0.717) is 40.7 Å². The van der Waals surface area contributed by atoms with Crippen LogP contribution < -0.4 is 20.3 Å². The van der Waals surface area contributed by atoms with Crippen LogP contribution in [0.4, 0.5) is 18.9 Å². The summed E-state index contributed by atoms with van der Waals surface area (Å²) >= 11 is 1.42. The van der Waals surface area contributed by atoms with Crippen molar-refractivity contribution in [1.29, 1.82) is 0 Å². The number of anilines is 1. The van der Waals surface area contributed by atoms with E-state index < -0.39 is 23.9 Å². The molecule has 5 rings (SSSR count). The zero-order valence-corrected chi connectivity index (χ0v) is 23.1. The molecule has 0 radical (unpaired) electrons. The van der Waals surface area contributed by atoms with Crippen molar-refractivity contribution < 1.29 is 32.2 Å². The van der Waals surface area contributed by atoms with Crippen LogP contribution in [0.3, 0.4) is 0 Å². The van der Waals surface area contributed by atoms with Crippen molar-refractivity contribution in [3.8, 4) is 16.3 Å². The molecular weight excluding hydrogens is 573 g/mol. The van der Waals surface area contributed by atoms with Gasteiger partial charge in [-0.3, -0.25) is 9.59 Å². The standard InChI is InChI=1S/C25H25F3N6O4S.ClH/c1-13-7-30-23(39-13)18-5-15(22(36)33-14(2)16-8-31-24(32-9-16)25(26,27)28)6-19-21(18)38-12-20(35)34(19)11-17-10-29-3-4-37-17;/h5-9,14,17,29H,3-4,10-12H2,1-2H3,(H,33,36);1H. The summed E-state index contributed by atoms with van der Waals surface area (Å²) in [4.78, 5) is 40.0. The molecule has 2 amide bonds. The summed E-state index contributed by atoms with van der Waals surface area (Å²) in [6.45, 7) is 5.44. The van der Waals surface area contributed by atoms with Crippen molar-refractivity contribution >= 4 is 41.2 Å². The van der Waals surface area contributed by atoms with Gasteiger partial charge in [-0.15, -0.1) is 23.7 Å². The maximum absolute atomic E-state index is 13.4. The number of aromatic nitrogens is 3. The molecule has 3 aromatic rings. The number of rotatable bonds is 6. The van der Waals surface area contributed by atoms with Crippen LogP contribution in [0, 0.1) is 6.92 Å². The van der Waals surface area contributed by atoms with Gasteiger partial charge in [0.2, 0.25) is 5.82 Å². The second-order valence-corrected chi connectivity index (χ2v) is 10.4. The van der Waals surface area contributed by atoms with Crippen LogP contribution in [-0.2, 0) is 15.7 Å². The summed E-state index contributed by atoms with van der Waals surface area (Å²) in [7, 11) is 0. The van der Waals surface area contributed by atoms with Crippen LogP contribution in [0.1, 0.15) is 39.6 Å². The molecule has 0 aliphatic carbocycles. The van der Waals surface area contributed by atoms with E-state index >= 15 is 0 Å². The molecule has 40 heavy (non-hydrogen) atoms. The Morgan fingerprint density at radius 1 is 1.25 bits per heavy atom. The molecule has 0 saturated carbocycles. The maximum atomic E-state index is 13.4. The van der Waals surface area contributed by atoms with Crippen LogP contribution in [0.25, 0.3) is 10.6 Å². The Kier molecular flexibility index (Phi) is 8.93. The smallest absolute Gasteiger partial charge is 0.451 e. The highest BCUT2D eigenvalue weighted by Gasteiger charge is 2.35. The van der Waals surface area contributed by atoms with E-state index in [1.165, 1.54) is 11.3 Å². The van der Waals surface area contributed by atoms with Gasteiger partial charge < -0.3 is 25.0 Å². The molecule has 2 atom stereocenters. The van der Waals surface area contributed by atoms with E-state index in [1.807, 2.05) is 6.92 Å².